The third-order valence-corrected chi connectivity index (χ3v) is 7.14. The van der Waals surface area contributed by atoms with E-state index in [1.54, 1.807) is 6.07 Å². The highest BCUT2D eigenvalue weighted by molar-refractivity contribution is 7.89. The van der Waals surface area contributed by atoms with E-state index in [1.165, 1.54) is 54.2 Å². The SMILES string of the molecule is CC(C)c1ccc(C=NNC(=O)CN(Cc2ccccc2F)S(=O)(=O)c2ccc(Cl)cc2)cc1. The van der Waals surface area contributed by atoms with Crippen LogP contribution in [0.3, 0.4) is 0 Å². The first-order chi connectivity index (χ1) is 16.2. The summed E-state index contributed by atoms with van der Waals surface area (Å²) < 4.78 is 41.6. The number of hydrazone groups is 1. The highest BCUT2D eigenvalue weighted by Gasteiger charge is 2.27. The molecule has 0 atom stereocenters. The highest BCUT2D eigenvalue weighted by Crippen LogP contribution is 2.21. The summed E-state index contributed by atoms with van der Waals surface area (Å²) in [7, 11) is -4.12. The second-order valence-corrected chi connectivity index (χ2v) is 10.3. The molecular weight excluding hydrogens is 477 g/mol. The molecule has 3 aromatic rings. The molecular formula is C25H25ClFN3O3S. The molecule has 0 radical (unpaired) electrons. The summed E-state index contributed by atoms with van der Waals surface area (Å²) in [5.74, 6) is -0.834. The Morgan fingerprint density at radius 2 is 1.71 bits per heavy atom. The predicted octanol–water partition coefficient (Wildman–Crippen LogP) is 4.94. The Bertz CT molecular complexity index is 1260. The molecule has 0 aliphatic rings. The summed E-state index contributed by atoms with van der Waals surface area (Å²) in [6, 6.07) is 19.0. The van der Waals surface area contributed by atoms with Crippen LogP contribution in [0.25, 0.3) is 0 Å². The lowest BCUT2D eigenvalue weighted by molar-refractivity contribution is -0.121. The smallest absolute Gasteiger partial charge is 0.255 e. The Morgan fingerprint density at radius 3 is 2.32 bits per heavy atom. The lowest BCUT2D eigenvalue weighted by atomic mass is 10.0. The standard InChI is InChI=1S/C25H25ClFN3O3S/c1-18(2)20-9-7-19(8-10-20)15-28-29-25(31)17-30(16-21-5-3-4-6-24(21)27)34(32,33)23-13-11-22(26)12-14-23/h3-15,18H,16-17H2,1-2H3,(H,29,31). The van der Waals surface area contributed by atoms with Crippen LogP contribution in [0.4, 0.5) is 4.39 Å². The Morgan fingerprint density at radius 1 is 1.06 bits per heavy atom. The molecule has 34 heavy (non-hydrogen) atoms. The molecule has 6 nitrogen and oxygen atoms in total. The summed E-state index contributed by atoms with van der Waals surface area (Å²) in [6.45, 7) is 3.30. The van der Waals surface area contributed by atoms with Crippen LogP contribution in [-0.4, -0.2) is 31.4 Å². The lowest BCUT2D eigenvalue weighted by Gasteiger charge is -2.21. The molecule has 3 rings (SSSR count). The van der Waals surface area contributed by atoms with E-state index in [9.17, 15) is 17.6 Å². The van der Waals surface area contributed by atoms with Crippen molar-refractivity contribution in [2.75, 3.05) is 6.54 Å². The number of hydrogen-bond acceptors (Lipinski definition) is 4. The van der Waals surface area contributed by atoms with E-state index >= 15 is 0 Å². The molecule has 9 heteroatoms. The van der Waals surface area contributed by atoms with Crippen LogP contribution in [0.5, 0.6) is 0 Å². The van der Waals surface area contributed by atoms with Crippen LogP contribution in [0.2, 0.25) is 5.02 Å². The largest absolute Gasteiger partial charge is 0.272 e. The van der Waals surface area contributed by atoms with Gasteiger partial charge in [0.2, 0.25) is 10.0 Å². The molecule has 1 amide bonds. The van der Waals surface area contributed by atoms with Crippen molar-refractivity contribution in [1.29, 1.82) is 0 Å². The fourth-order valence-electron chi connectivity index (χ4n) is 3.14. The van der Waals surface area contributed by atoms with Crippen molar-refractivity contribution < 1.29 is 17.6 Å². The molecule has 0 aliphatic heterocycles. The molecule has 0 fully saturated rings. The van der Waals surface area contributed by atoms with Crippen molar-refractivity contribution in [2.45, 2.75) is 31.2 Å². The monoisotopic (exact) mass is 501 g/mol. The molecule has 0 bridgehead atoms. The average Bonchev–Trinajstić information content (AvgIpc) is 2.80. The zero-order valence-corrected chi connectivity index (χ0v) is 20.4. The fourth-order valence-corrected chi connectivity index (χ4v) is 4.64. The second-order valence-electron chi connectivity index (χ2n) is 7.93. The van der Waals surface area contributed by atoms with Crippen LogP contribution < -0.4 is 5.43 Å². The van der Waals surface area contributed by atoms with Crippen LogP contribution in [0, 0.1) is 5.82 Å². The molecule has 0 spiro atoms. The van der Waals surface area contributed by atoms with Crippen molar-refractivity contribution >= 4 is 33.7 Å². The van der Waals surface area contributed by atoms with Crippen LogP contribution >= 0.6 is 11.6 Å². The number of nitrogens with zero attached hydrogens (tertiary/aromatic N) is 2. The van der Waals surface area contributed by atoms with E-state index in [0.29, 0.717) is 10.9 Å². The molecule has 0 saturated carbocycles. The van der Waals surface area contributed by atoms with Gasteiger partial charge in [-0.15, -0.1) is 0 Å². The van der Waals surface area contributed by atoms with E-state index in [2.05, 4.69) is 24.4 Å². The van der Waals surface area contributed by atoms with E-state index in [4.69, 9.17) is 11.6 Å². The number of carbonyl (C=O) groups excluding carboxylic acids is 1. The van der Waals surface area contributed by atoms with Crippen LogP contribution in [-0.2, 0) is 21.4 Å². The van der Waals surface area contributed by atoms with Gasteiger partial charge in [-0.1, -0.05) is 67.9 Å². The van der Waals surface area contributed by atoms with Gasteiger partial charge in [-0.2, -0.15) is 9.41 Å². The number of hydrogen-bond donors (Lipinski definition) is 1. The highest BCUT2D eigenvalue weighted by atomic mass is 35.5. The summed E-state index contributed by atoms with van der Waals surface area (Å²) >= 11 is 5.87. The lowest BCUT2D eigenvalue weighted by Crippen LogP contribution is -2.39. The Hall–Kier alpha value is -3.07. The minimum Gasteiger partial charge on any atom is -0.272 e. The minimum atomic E-state index is -4.12. The van der Waals surface area contributed by atoms with Crippen LogP contribution in [0.1, 0.15) is 36.5 Å². The van der Waals surface area contributed by atoms with Gasteiger partial charge in [0.15, 0.2) is 0 Å². The molecule has 178 valence electrons. The predicted molar refractivity (Wildman–Crippen MR) is 132 cm³/mol. The van der Waals surface area contributed by atoms with Gasteiger partial charge in [0.25, 0.3) is 5.91 Å². The molecule has 0 heterocycles. The van der Waals surface area contributed by atoms with Gasteiger partial charge < -0.3 is 0 Å². The zero-order valence-electron chi connectivity index (χ0n) is 18.8. The molecule has 3 aromatic carbocycles. The number of amides is 1. The number of sulfonamides is 1. The number of rotatable bonds is 9. The Balaban J connectivity index is 1.77. The van der Waals surface area contributed by atoms with Crippen molar-refractivity contribution in [2.24, 2.45) is 5.10 Å². The number of nitrogens with one attached hydrogen (secondary N) is 1. The van der Waals surface area contributed by atoms with Gasteiger partial charge in [0.1, 0.15) is 5.82 Å². The molecule has 0 saturated heterocycles. The molecule has 0 aliphatic carbocycles. The first-order valence-corrected chi connectivity index (χ1v) is 12.4. The van der Waals surface area contributed by atoms with E-state index < -0.39 is 28.3 Å². The van der Waals surface area contributed by atoms with Gasteiger partial charge in [-0.25, -0.2) is 18.2 Å². The number of carbonyl (C=O) groups is 1. The Kier molecular flexibility index (Phi) is 8.55. The van der Waals surface area contributed by atoms with Crippen molar-refractivity contribution in [1.82, 2.24) is 9.73 Å². The van der Waals surface area contributed by atoms with E-state index in [0.717, 1.165) is 9.87 Å². The summed E-state index contributed by atoms with van der Waals surface area (Å²) in [6.07, 6.45) is 1.47. The minimum absolute atomic E-state index is 0.0604. The maximum Gasteiger partial charge on any atom is 0.255 e. The first-order valence-electron chi connectivity index (χ1n) is 10.6. The van der Waals surface area contributed by atoms with Gasteiger partial charge in [-0.05, 0) is 47.4 Å². The maximum atomic E-state index is 14.2. The quantitative estimate of drug-likeness (QED) is 0.333. The maximum absolute atomic E-state index is 14.2. The summed E-state index contributed by atoms with van der Waals surface area (Å²) in [5, 5.41) is 4.29. The van der Waals surface area contributed by atoms with Gasteiger partial charge in [-0.3, -0.25) is 4.79 Å². The van der Waals surface area contributed by atoms with E-state index in [1.807, 2.05) is 24.3 Å². The van der Waals surface area contributed by atoms with Gasteiger partial charge in [0, 0.05) is 17.1 Å². The molecule has 1 N–H and O–H groups in total. The Labute approximate surface area is 204 Å². The van der Waals surface area contributed by atoms with E-state index in [-0.39, 0.29) is 17.0 Å². The van der Waals surface area contributed by atoms with Crippen molar-refractivity contribution in [3.63, 3.8) is 0 Å². The second kappa shape index (κ2) is 11.4. The normalized spacial score (nSPS) is 11.9. The molecule has 0 aromatic heterocycles. The topological polar surface area (TPSA) is 78.8 Å². The van der Waals surface area contributed by atoms with Crippen molar-refractivity contribution in [3.05, 3.63) is 100 Å². The van der Waals surface area contributed by atoms with Crippen molar-refractivity contribution in [3.8, 4) is 0 Å². The average molecular weight is 502 g/mol. The molecule has 0 unspecified atom stereocenters. The number of halogens is 2. The van der Waals surface area contributed by atoms with Gasteiger partial charge in [0.05, 0.1) is 17.7 Å². The summed E-state index contributed by atoms with van der Waals surface area (Å²) in [4.78, 5) is 12.5. The van der Waals surface area contributed by atoms with Gasteiger partial charge >= 0.3 is 0 Å². The third-order valence-electron chi connectivity index (χ3n) is 5.08. The third kappa shape index (κ3) is 6.72. The zero-order chi connectivity index (χ0) is 24.7. The fraction of sp³-hybridized carbons (Fsp3) is 0.200. The van der Waals surface area contributed by atoms with Crippen LogP contribution in [0.15, 0.2) is 82.8 Å². The first kappa shape index (κ1) is 25.6. The number of benzene rings is 3. The summed E-state index contributed by atoms with van der Waals surface area (Å²) in [5.41, 5.74) is 4.44.